The van der Waals surface area contributed by atoms with Gasteiger partial charge in [-0.25, -0.2) is 0 Å². The van der Waals surface area contributed by atoms with Crippen molar-refractivity contribution in [2.75, 3.05) is 0 Å². The van der Waals surface area contributed by atoms with Crippen molar-refractivity contribution in [3.63, 3.8) is 0 Å². The fraction of sp³-hybridized carbons (Fsp3) is 0.562. The molecule has 0 N–H and O–H groups in total. The molecule has 2 heteroatoms. The molecular formula is C16H21ClO. The lowest BCUT2D eigenvalue weighted by Gasteiger charge is -2.38. The number of carbonyl (C=O) groups is 1. The van der Waals surface area contributed by atoms with Gasteiger partial charge in [-0.1, -0.05) is 57.0 Å². The monoisotopic (exact) mass is 264 g/mol. The van der Waals surface area contributed by atoms with Crippen LogP contribution in [0.3, 0.4) is 0 Å². The standard InChI is InChI=1S/C16H21ClO/c1-16(2)11-7-6-10-13(16)15(18)14(17)12-8-4-3-5-9-12/h3-5,8-9,13-14H,6-7,10-11H2,1-2H3. The van der Waals surface area contributed by atoms with Gasteiger partial charge < -0.3 is 0 Å². The molecule has 2 rings (SSSR count). The predicted octanol–water partition coefficient (Wildman–Crippen LogP) is 4.75. The first-order chi connectivity index (χ1) is 8.52. The minimum absolute atomic E-state index is 0.0945. The quantitative estimate of drug-likeness (QED) is 0.720. The van der Waals surface area contributed by atoms with Gasteiger partial charge in [0.25, 0.3) is 0 Å². The van der Waals surface area contributed by atoms with E-state index in [0.717, 1.165) is 24.8 Å². The topological polar surface area (TPSA) is 17.1 Å². The molecule has 1 fully saturated rings. The summed E-state index contributed by atoms with van der Waals surface area (Å²) in [6.45, 7) is 4.40. The van der Waals surface area contributed by atoms with Gasteiger partial charge >= 0.3 is 0 Å². The summed E-state index contributed by atoms with van der Waals surface area (Å²) in [5.74, 6) is 0.307. The zero-order valence-electron chi connectivity index (χ0n) is 11.2. The van der Waals surface area contributed by atoms with E-state index in [1.54, 1.807) is 0 Å². The number of hydrogen-bond donors (Lipinski definition) is 0. The first kappa shape index (κ1) is 13.6. The second-order valence-corrected chi connectivity index (χ2v) is 6.40. The van der Waals surface area contributed by atoms with Crippen molar-refractivity contribution in [2.24, 2.45) is 11.3 Å². The summed E-state index contributed by atoms with van der Waals surface area (Å²) in [6.07, 6.45) is 4.50. The Bertz CT molecular complexity index is 410. The van der Waals surface area contributed by atoms with Crippen LogP contribution in [-0.4, -0.2) is 5.78 Å². The Morgan fingerprint density at radius 3 is 2.56 bits per heavy atom. The molecule has 0 saturated heterocycles. The van der Waals surface area contributed by atoms with Crippen LogP contribution in [0.1, 0.15) is 50.5 Å². The number of hydrogen-bond acceptors (Lipinski definition) is 1. The van der Waals surface area contributed by atoms with E-state index in [9.17, 15) is 4.79 Å². The second kappa shape index (κ2) is 5.44. The largest absolute Gasteiger partial charge is 0.297 e. The molecule has 1 aliphatic rings. The molecule has 18 heavy (non-hydrogen) atoms. The number of rotatable bonds is 3. The highest BCUT2D eigenvalue weighted by atomic mass is 35.5. The molecule has 1 aromatic carbocycles. The zero-order chi connectivity index (χ0) is 13.2. The van der Waals surface area contributed by atoms with E-state index < -0.39 is 5.38 Å². The van der Waals surface area contributed by atoms with Gasteiger partial charge in [-0.3, -0.25) is 4.79 Å². The lowest BCUT2D eigenvalue weighted by Crippen LogP contribution is -2.35. The molecule has 2 atom stereocenters. The fourth-order valence-electron chi connectivity index (χ4n) is 2.98. The van der Waals surface area contributed by atoms with E-state index in [2.05, 4.69) is 13.8 Å². The number of alkyl halides is 1. The molecule has 0 heterocycles. The molecule has 1 saturated carbocycles. The highest BCUT2D eigenvalue weighted by Crippen LogP contribution is 2.43. The molecule has 0 bridgehead atoms. The molecule has 0 aliphatic heterocycles. The van der Waals surface area contributed by atoms with E-state index in [-0.39, 0.29) is 17.1 Å². The Kier molecular flexibility index (Phi) is 4.11. The number of benzene rings is 1. The maximum absolute atomic E-state index is 12.6. The average molecular weight is 265 g/mol. The van der Waals surface area contributed by atoms with Crippen LogP contribution in [0.5, 0.6) is 0 Å². The molecule has 0 spiro atoms. The fourth-order valence-corrected chi connectivity index (χ4v) is 3.28. The Labute approximate surface area is 115 Å². The van der Waals surface area contributed by atoms with Crippen LogP contribution < -0.4 is 0 Å². The van der Waals surface area contributed by atoms with Crippen LogP contribution in [0.2, 0.25) is 0 Å². The molecular weight excluding hydrogens is 244 g/mol. The minimum atomic E-state index is -0.492. The van der Waals surface area contributed by atoms with Crippen molar-refractivity contribution in [1.82, 2.24) is 0 Å². The number of Topliss-reactive ketones (excluding diaryl/α,β-unsaturated/α-hetero) is 1. The van der Waals surface area contributed by atoms with Gasteiger partial charge in [0.1, 0.15) is 5.38 Å². The molecule has 0 radical (unpaired) electrons. The van der Waals surface area contributed by atoms with Crippen molar-refractivity contribution < 1.29 is 4.79 Å². The lowest BCUT2D eigenvalue weighted by molar-refractivity contribution is -0.127. The number of halogens is 1. The van der Waals surface area contributed by atoms with Gasteiger partial charge in [-0.05, 0) is 23.8 Å². The summed E-state index contributed by atoms with van der Waals surface area (Å²) >= 11 is 6.37. The summed E-state index contributed by atoms with van der Waals surface area (Å²) in [4.78, 5) is 12.6. The maximum Gasteiger partial charge on any atom is 0.158 e. The average Bonchev–Trinajstić information content (AvgIpc) is 2.37. The Balaban J connectivity index is 2.16. The second-order valence-electron chi connectivity index (χ2n) is 5.96. The SMILES string of the molecule is CC1(C)CCCCC1C(=O)C(Cl)c1ccccc1. The third-order valence-electron chi connectivity index (χ3n) is 4.19. The van der Waals surface area contributed by atoms with Crippen LogP contribution >= 0.6 is 11.6 Å². The van der Waals surface area contributed by atoms with Crippen LogP contribution in [0.4, 0.5) is 0 Å². The first-order valence-corrected chi connectivity index (χ1v) is 7.19. The van der Waals surface area contributed by atoms with E-state index in [0.29, 0.717) is 0 Å². The van der Waals surface area contributed by atoms with E-state index in [1.807, 2.05) is 30.3 Å². The van der Waals surface area contributed by atoms with Gasteiger partial charge in [0.2, 0.25) is 0 Å². The minimum Gasteiger partial charge on any atom is -0.297 e. The summed E-state index contributed by atoms with van der Waals surface area (Å²) < 4.78 is 0. The van der Waals surface area contributed by atoms with Crippen molar-refractivity contribution in [1.29, 1.82) is 0 Å². The molecule has 1 aliphatic carbocycles. The summed E-state index contributed by atoms with van der Waals surface area (Å²) in [7, 11) is 0. The molecule has 1 nitrogen and oxygen atoms in total. The normalized spacial score (nSPS) is 24.5. The van der Waals surface area contributed by atoms with Crippen LogP contribution in [0.25, 0.3) is 0 Å². The molecule has 1 aromatic rings. The molecule has 0 aromatic heterocycles. The van der Waals surface area contributed by atoms with Crippen molar-refractivity contribution in [3.8, 4) is 0 Å². The summed E-state index contributed by atoms with van der Waals surface area (Å²) in [5, 5.41) is -0.492. The van der Waals surface area contributed by atoms with E-state index >= 15 is 0 Å². The van der Waals surface area contributed by atoms with Crippen LogP contribution in [-0.2, 0) is 4.79 Å². The zero-order valence-corrected chi connectivity index (χ0v) is 11.9. The van der Waals surface area contributed by atoms with Gasteiger partial charge in [0.15, 0.2) is 5.78 Å². The summed E-state index contributed by atoms with van der Waals surface area (Å²) in [5.41, 5.74) is 1.02. The summed E-state index contributed by atoms with van der Waals surface area (Å²) in [6, 6.07) is 9.69. The Morgan fingerprint density at radius 2 is 1.94 bits per heavy atom. The molecule has 98 valence electrons. The Hall–Kier alpha value is -0.820. The predicted molar refractivity (Wildman–Crippen MR) is 75.8 cm³/mol. The van der Waals surface area contributed by atoms with E-state index in [4.69, 9.17) is 11.6 Å². The highest BCUT2D eigenvalue weighted by molar-refractivity contribution is 6.31. The van der Waals surface area contributed by atoms with Crippen molar-refractivity contribution in [3.05, 3.63) is 35.9 Å². The van der Waals surface area contributed by atoms with Gasteiger partial charge in [-0.2, -0.15) is 0 Å². The third-order valence-corrected chi connectivity index (χ3v) is 4.66. The van der Waals surface area contributed by atoms with Crippen molar-refractivity contribution in [2.45, 2.75) is 44.9 Å². The maximum atomic E-state index is 12.6. The van der Waals surface area contributed by atoms with Gasteiger partial charge in [0.05, 0.1) is 0 Å². The van der Waals surface area contributed by atoms with Crippen LogP contribution in [0, 0.1) is 11.3 Å². The molecule has 2 unspecified atom stereocenters. The Morgan fingerprint density at radius 1 is 1.28 bits per heavy atom. The number of ketones is 1. The smallest absolute Gasteiger partial charge is 0.158 e. The first-order valence-electron chi connectivity index (χ1n) is 6.75. The van der Waals surface area contributed by atoms with Crippen molar-refractivity contribution >= 4 is 17.4 Å². The van der Waals surface area contributed by atoms with E-state index in [1.165, 1.54) is 6.42 Å². The van der Waals surface area contributed by atoms with Crippen LogP contribution in [0.15, 0.2) is 30.3 Å². The highest BCUT2D eigenvalue weighted by Gasteiger charge is 2.39. The lowest BCUT2D eigenvalue weighted by atomic mass is 9.66. The number of carbonyl (C=O) groups excluding carboxylic acids is 1. The van der Waals surface area contributed by atoms with Gasteiger partial charge in [0, 0.05) is 5.92 Å². The van der Waals surface area contributed by atoms with Gasteiger partial charge in [-0.15, -0.1) is 11.6 Å². The third kappa shape index (κ3) is 2.77. The molecule has 0 amide bonds.